The zero-order chi connectivity index (χ0) is 14.8. The number of benzene rings is 1. The monoisotopic (exact) mass is 286 g/mol. The van der Waals surface area contributed by atoms with E-state index in [-0.39, 0.29) is 0 Å². The topological polar surface area (TPSA) is 20.2 Å². The van der Waals surface area contributed by atoms with Crippen molar-refractivity contribution in [3.05, 3.63) is 35.4 Å². The normalized spacial score (nSPS) is 28.1. The van der Waals surface area contributed by atoms with Crippen molar-refractivity contribution in [2.75, 3.05) is 0 Å². The highest BCUT2D eigenvalue weighted by molar-refractivity contribution is 5.25. The lowest BCUT2D eigenvalue weighted by Crippen LogP contribution is -2.30. The number of aliphatic hydroxyl groups is 1. The fourth-order valence-corrected chi connectivity index (χ4v) is 2.93. The van der Waals surface area contributed by atoms with E-state index in [4.69, 9.17) is 0 Å². The van der Waals surface area contributed by atoms with Gasteiger partial charge in [-0.3, -0.25) is 0 Å². The van der Waals surface area contributed by atoms with Crippen molar-refractivity contribution >= 4 is 0 Å². The van der Waals surface area contributed by atoms with E-state index in [2.05, 4.69) is 6.92 Å². The Morgan fingerprint density at radius 3 is 2.40 bits per heavy atom. The van der Waals surface area contributed by atoms with Gasteiger partial charge in [-0.1, -0.05) is 31.9 Å². The van der Waals surface area contributed by atoms with Crippen LogP contribution in [0.3, 0.4) is 0 Å². The molecule has 1 aliphatic carbocycles. The highest BCUT2D eigenvalue weighted by atomic mass is 19.4. The van der Waals surface area contributed by atoms with Gasteiger partial charge in [0.15, 0.2) is 0 Å². The van der Waals surface area contributed by atoms with E-state index in [1.54, 1.807) is 0 Å². The average molecular weight is 286 g/mol. The van der Waals surface area contributed by atoms with Crippen molar-refractivity contribution in [1.82, 2.24) is 0 Å². The minimum Gasteiger partial charge on any atom is -0.390 e. The van der Waals surface area contributed by atoms with Gasteiger partial charge in [0, 0.05) is 6.42 Å². The lowest BCUT2D eigenvalue weighted by molar-refractivity contribution is -0.137. The molecule has 1 N–H and O–H groups in total. The number of hydrogen-bond donors (Lipinski definition) is 1. The van der Waals surface area contributed by atoms with Crippen molar-refractivity contribution in [3.63, 3.8) is 0 Å². The molecule has 1 aromatic carbocycles. The van der Waals surface area contributed by atoms with Gasteiger partial charge >= 0.3 is 6.18 Å². The van der Waals surface area contributed by atoms with Gasteiger partial charge in [0.25, 0.3) is 0 Å². The van der Waals surface area contributed by atoms with E-state index in [0.29, 0.717) is 12.3 Å². The fraction of sp³-hybridized carbons (Fsp3) is 0.625. The lowest BCUT2D eigenvalue weighted by Gasteiger charge is -2.27. The summed E-state index contributed by atoms with van der Waals surface area (Å²) in [4.78, 5) is 0. The van der Waals surface area contributed by atoms with E-state index in [1.807, 2.05) is 0 Å². The predicted octanol–water partition coefficient (Wildman–Crippen LogP) is 4.58. The molecule has 0 aliphatic heterocycles. The summed E-state index contributed by atoms with van der Waals surface area (Å²) < 4.78 is 37.5. The zero-order valence-corrected chi connectivity index (χ0v) is 11.7. The molecule has 1 aliphatic rings. The van der Waals surface area contributed by atoms with Crippen LogP contribution >= 0.6 is 0 Å². The lowest BCUT2D eigenvalue weighted by atomic mass is 9.87. The Kier molecular flexibility index (Phi) is 4.43. The highest BCUT2D eigenvalue weighted by Gasteiger charge is 2.32. The Balaban J connectivity index is 2.05. The first-order chi connectivity index (χ1) is 9.28. The van der Waals surface area contributed by atoms with E-state index < -0.39 is 17.3 Å². The molecule has 2 atom stereocenters. The molecule has 0 spiro atoms. The van der Waals surface area contributed by atoms with Crippen LogP contribution in [-0.4, -0.2) is 10.7 Å². The van der Waals surface area contributed by atoms with Crippen LogP contribution in [-0.2, 0) is 12.6 Å². The summed E-state index contributed by atoms with van der Waals surface area (Å²) in [6.45, 7) is 2.18. The maximum absolute atomic E-state index is 12.5. The third kappa shape index (κ3) is 3.98. The van der Waals surface area contributed by atoms with Gasteiger partial charge in [-0.05, 0) is 42.9 Å². The molecule has 0 radical (unpaired) electrons. The summed E-state index contributed by atoms with van der Waals surface area (Å²) in [5, 5.41) is 10.6. The Labute approximate surface area is 117 Å². The fourth-order valence-electron chi connectivity index (χ4n) is 2.93. The van der Waals surface area contributed by atoms with Crippen LogP contribution in [0.4, 0.5) is 13.2 Å². The summed E-state index contributed by atoms with van der Waals surface area (Å²) in [7, 11) is 0. The van der Waals surface area contributed by atoms with Crippen molar-refractivity contribution < 1.29 is 18.3 Å². The third-order valence-corrected chi connectivity index (χ3v) is 4.26. The summed E-state index contributed by atoms with van der Waals surface area (Å²) >= 11 is 0. The molecule has 1 saturated carbocycles. The first kappa shape index (κ1) is 15.4. The number of alkyl halides is 3. The molecule has 0 saturated heterocycles. The predicted molar refractivity (Wildman–Crippen MR) is 72.3 cm³/mol. The van der Waals surface area contributed by atoms with Gasteiger partial charge in [-0.2, -0.15) is 13.2 Å². The van der Waals surface area contributed by atoms with Crippen LogP contribution in [0.25, 0.3) is 0 Å². The molecule has 1 nitrogen and oxygen atoms in total. The molecule has 0 heterocycles. The largest absolute Gasteiger partial charge is 0.416 e. The molecule has 0 amide bonds. The molecule has 1 fully saturated rings. The maximum Gasteiger partial charge on any atom is 0.416 e. The first-order valence-electron chi connectivity index (χ1n) is 7.17. The Morgan fingerprint density at radius 1 is 1.15 bits per heavy atom. The van der Waals surface area contributed by atoms with Crippen molar-refractivity contribution in [2.24, 2.45) is 5.92 Å². The molecular formula is C16H21F3O. The van der Waals surface area contributed by atoms with Gasteiger partial charge in [0.1, 0.15) is 0 Å². The number of rotatable bonds is 2. The molecule has 0 aromatic heterocycles. The molecule has 2 rings (SSSR count). The van der Waals surface area contributed by atoms with Crippen LogP contribution in [0.15, 0.2) is 24.3 Å². The van der Waals surface area contributed by atoms with E-state index in [1.165, 1.54) is 12.1 Å². The molecule has 1 aromatic rings. The van der Waals surface area contributed by atoms with E-state index in [9.17, 15) is 18.3 Å². The van der Waals surface area contributed by atoms with Gasteiger partial charge in [0.05, 0.1) is 11.2 Å². The van der Waals surface area contributed by atoms with Gasteiger partial charge < -0.3 is 5.11 Å². The summed E-state index contributed by atoms with van der Waals surface area (Å²) in [6.07, 6.45) is 0.698. The minimum atomic E-state index is -4.30. The Bertz CT molecular complexity index is 438. The second-order valence-electron chi connectivity index (χ2n) is 6.13. The third-order valence-electron chi connectivity index (χ3n) is 4.26. The second kappa shape index (κ2) is 5.76. The van der Waals surface area contributed by atoms with Crippen LogP contribution in [0, 0.1) is 5.92 Å². The molecule has 20 heavy (non-hydrogen) atoms. The molecule has 0 bridgehead atoms. The van der Waals surface area contributed by atoms with Crippen LogP contribution in [0.1, 0.15) is 50.2 Å². The minimum absolute atomic E-state index is 0.442. The van der Waals surface area contributed by atoms with Gasteiger partial charge in [-0.25, -0.2) is 0 Å². The molecular weight excluding hydrogens is 265 g/mol. The Morgan fingerprint density at radius 2 is 1.80 bits per heavy atom. The highest BCUT2D eigenvalue weighted by Crippen LogP contribution is 2.34. The maximum atomic E-state index is 12.5. The summed E-state index contributed by atoms with van der Waals surface area (Å²) in [5.41, 5.74) is -0.623. The smallest absolute Gasteiger partial charge is 0.390 e. The first-order valence-corrected chi connectivity index (χ1v) is 7.17. The molecule has 4 heteroatoms. The van der Waals surface area contributed by atoms with E-state index in [0.717, 1.165) is 49.8 Å². The van der Waals surface area contributed by atoms with Crippen molar-refractivity contribution in [2.45, 2.75) is 57.2 Å². The Hall–Kier alpha value is -1.03. The van der Waals surface area contributed by atoms with Crippen LogP contribution in [0.2, 0.25) is 0 Å². The zero-order valence-electron chi connectivity index (χ0n) is 11.7. The molecule has 112 valence electrons. The van der Waals surface area contributed by atoms with Crippen molar-refractivity contribution in [1.29, 1.82) is 0 Å². The summed E-state index contributed by atoms with van der Waals surface area (Å²) in [6, 6.07) is 5.15. The van der Waals surface area contributed by atoms with E-state index >= 15 is 0 Å². The number of hydrogen-bond acceptors (Lipinski definition) is 1. The van der Waals surface area contributed by atoms with Crippen LogP contribution in [0.5, 0.6) is 0 Å². The van der Waals surface area contributed by atoms with Gasteiger partial charge in [0.2, 0.25) is 0 Å². The second-order valence-corrected chi connectivity index (χ2v) is 6.13. The van der Waals surface area contributed by atoms with Crippen LogP contribution < -0.4 is 0 Å². The summed E-state index contributed by atoms with van der Waals surface area (Å²) in [5.74, 6) is 0.622. The average Bonchev–Trinajstić information content (AvgIpc) is 2.51. The van der Waals surface area contributed by atoms with Crippen molar-refractivity contribution in [3.8, 4) is 0 Å². The molecule has 2 unspecified atom stereocenters. The number of halogens is 3. The quantitative estimate of drug-likeness (QED) is 0.789. The SMILES string of the molecule is CC1CCCC(O)(Cc2ccc(C(F)(F)F)cc2)CC1. The standard InChI is InChI=1S/C16H21F3O/c1-12-3-2-9-15(20,10-8-12)11-13-4-6-14(7-5-13)16(17,18)19/h4-7,12,20H,2-3,8-11H2,1H3. The van der Waals surface area contributed by atoms with Gasteiger partial charge in [-0.15, -0.1) is 0 Å².